The molecule has 1 saturated carbocycles. The van der Waals surface area contributed by atoms with Gasteiger partial charge >= 0.3 is 0 Å². The van der Waals surface area contributed by atoms with Gasteiger partial charge in [-0.25, -0.2) is 4.63 Å². The molecule has 7 heteroatoms. The van der Waals surface area contributed by atoms with Gasteiger partial charge < -0.3 is 10.0 Å². The molecule has 4 rings (SSSR count). The molecule has 1 aliphatic carbocycles. The summed E-state index contributed by atoms with van der Waals surface area (Å²) in [6.07, 6.45) is 7.38. The van der Waals surface area contributed by atoms with Crippen molar-refractivity contribution in [3.8, 4) is 0 Å². The number of rotatable bonds is 3. The van der Waals surface area contributed by atoms with Crippen LogP contribution in [-0.4, -0.2) is 62.9 Å². The minimum Gasteiger partial charge on any atom is -0.393 e. The number of nitrogens with zero attached hydrogens (tertiary/aromatic N) is 4. The average molecular weight is 362 g/mol. The smallest absolute Gasteiger partial charge is 0.222 e. The second-order valence-corrected chi connectivity index (χ2v) is 8.56. The Bertz CT molecular complexity index is 630. The molecule has 7 nitrogen and oxygen atoms in total. The summed E-state index contributed by atoms with van der Waals surface area (Å²) in [5, 5.41) is 17.6. The molecular formula is C19H30N4O3. The highest BCUT2D eigenvalue weighted by Gasteiger charge is 2.43. The Kier molecular flexibility index (Phi) is 5.01. The van der Waals surface area contributed by atoms with E-state index in [0.717, 1.165) is 82.5 Å². The van der Waals surface area contributed by atoms with E-state index in [1.54, 1.807) is 0 Å². The van der Waals surface area contributed by atoms with Crippen LogP contribution >= 0.6 is 0 Å². The normalized spacial score (nSPS) is 30.1. The molecule has 26 heavy (non-hydrogen) atoms. The number of hydrogen-bond donors (Lipinski definition) is 1. The second kappa shape index (κ2) is 7.27. The van der Waals surface area contributed by atoms with E-state index in [4.69, 9.17) is 4.63 Å². The molecule has 1 spiro atoms. The van der Waals surface area contributed by atoms with Crippen molar-refractivity contribution in [3.63, 3.8) is 0 Å². The Morgan fingerprint density at radius 3 is 2.54 bits per heavy atom. The SMILES string of the molecule is Cc1nonc1CN1CCC2(CCC(=O)N(C3CCC(O)CC3)C2)CC1. The molecule has 3 fully saturated rings. The zero-order valence-corrected chi connectivity index (χ0v) is 15.7. The fourth-order valence-electron chi connectivity index (χ4n) is 4.95. The van der Waals surface area contributed by atoms with E-state index in [-0.39, 0.29) is 11.5 Å². The molecule has 1 N–H and O–H groups in total. The molecule has 3 aliphatic rings. The summed E-state index contributed by atoms with van der Waals surface area (Å²) >= 11 is 0. The van der Waals surface area contributed by atoms with Gasteiger partial charge in [0.1, 0.15) is 11.4 Å². The first kappa shape index (κ1) is 17.9. The van der Waals surface area contributed by atoms with Crippen LogP contribution in [0.2, 0.25) is 0 Å². The maximum atomic E-state index is 12.5. The van der Waals surface area contributed by atoms with Crippen molar-refractivity contribution in [2.75, 3.05) is 19.6 Å². The van der Waals surface area contributed by atoms with Gasteiger partial charge in [0.25, 0.3) is 0 Å². The van der Waals surface area contributed by atoms with E-state index in [1.807, 2.05) is 6.92 Å². The largest absolute Gasteiger partial charge is 0.393 e. The van der Waals surface area contributed by atoms with Crippen LogP contribution in [0.1, 0.15) is 62.8 Å². The third kappa shape index (κ3) is 3.64. The molecule has 0 atom stereocenters. The van der Waals surface area contributed by atoms with Crippen molar-refractivity contribution >= 4 is 5.91 Å². The Hall–Kier alpha value is -1.47. The van der Waals surface area contributed by atoms with Crippen LogP contribution in [0.5, 0.6) is 0 Å². The first-order valence-corrected chi connectivity index (χ1v) is 10.0. The molecule has 2 aliphatic heterocycles. The summed E-state index contributed by atoms with van der Waals surface area (Å²) < 4.78 is 4.81. The number of carbonyl (C=O) groups excluding carboxylic acids is 1. The summed E-state index contributed by atoms with van der Waals surface area (Å²) in [7, 11) is 0. The molecule has 0 aromatic carbocycles. The van der Waals surface area contributed by atoms with Gasteiger partial charge in [-0.05, 0) is 70.4 Å². The number of aryl methyl sites for hydroxylation is 1. The maximum absolute atomic E-state index is 12.5. The quantitative estimate of drug-likeness (QED) is 0.884. The van der Waals surface area contributed by atoms with Crippen LogP contribution < -0.4 is 0 Å². The standard InChI is InChI=1S/C19H30N4O3/c1-14-17(21-26-20-14)12-22-10-8-19(9-11-22)7-6-18(25)23(13-19)15-2-4-16(24)5-3-15/h15-16,24H,2-13H2,1H3. The monoisotopic (exact) mass is 362 g/mol. The first-order chi connectivity index (χ1) is 12.5. The van der Waals surface area contributed by atoms with Gasteiger partial charge in [-0.2, -0.15) is 0 Å². The summed E-state index contributed by atoms with van der Waals surface area (Å²) in [4.78, 5) is 17.1. The Balaban J connectivity index is 1.35. The highest BCUT2D eigenvalue weighted by molar-refractivity contribution is 5.77. The fraction of sp³-hybridized carbons (Fsp3) is 0.842. The zero-order valence-electron chi connectivity index (χ0n) is 15.7. The average Bonchev–Trinajstić information content (AvgIpc) is 3.05. The molecule has 2 saturated heterocycles. The molecule has 144 valence electrons. The molecule has 1 aromatic rings. The Morgan fingerprint density at radius 1 is 1.15 bits per heavy atom. The van der Waals surface area contributed by atoms with Crippen molar-refractivity contribution in [1.29, 1.82) is 0 Å². The van der Waals surface area contributed by atoms with Crippen LogP contribution in [0, 0.1) is 12.3 Å². The van der Waals surface area contributed by atoms with Crippen LogP contribution in [0.3, 0.4) is 0 Å². The summed E-state index contributed by atoms with van der Waals surface area (Å²) in [6, 6.07) is 0.338. The number of carbonyl (C=O) groups is 1. The van der Waals surface area contributed by atoms with Gasteiger partial charge in [0, 0.05) is 25.6 Å². The van der Waals surface area contributed by atoms with Crippen LogP contribution in [0.4, 0.5) is 0 Å². The minimum absolute atomic E-state index is 0.169. The lowest BCUT2D eigenvalue weighted by Crippen LogP contribution is -2.55. The van der Waals surface area contributed by atoms with Crippen molar-refractivity contribution in [1.82, 2.24) is 20.1 Å². The van der Waals surface area contributed by atoms with E-state index in [1.165, 1.54) is 0 Å². The number of hydrogen-bond acceptors (Lipinski definition) is 6. The molecule has 1 aromatic heterocycles. The third-order valence-corrected chi connectivity index (χ3v) is 6.84. The van der Waals surface area contributed by atoms with Crippen LogP contribution in [-0.2, 0) is 11.3 Å². The number of piperidine rings is 2. The molecule has 1 amide bonds. The maximum Gasteiger partial charge on any atom is 0.222 e. The van der Waals surface area contributed by atoms with Crippen molar-refractivity contribution in [3.05, 3.63) is 11.4 Å². The Morgan fingerprint density at radius 2 is 1.88 bits per heavy atom. The van der Waals surface area contributed by atoms with E-state index >= 15 is 0 Å². The van der Waals surface area contributed by atoms with E-state index in [2.05, 4.69) is 20.1 Å². The van der Waals surface area contributed by atoms with Gasteiger partial charge in [0.2, 0.25) is 5.91 Å². The molecule has 0 unspecified atom stereocenters. The number of aliphatic hydroxyl groups excluding tert-OH is 1. The Labute approximate surface area is 154 Å². The lowest BCUT2D eigenvalue weighted by atomic mass is 9.71. The van der Waals surface area contributed by atoms with Crippen molar-refractivity contribution in [2.24, 2.45) is 5.41 Å². The van der Waals surface area contributed by atoms with Crippen LogP contribution in [0.25, 0.3) is 0 Å². The number of aliphatic hydroxyl groups is 1. The highest BCUT2D eigenvalue weighted by Crippen LogP contribution is 2.42. The summed E-state index contributed by atoms with van der Waals surface area (Å²) in [5.41, 5.74) is 2.08. The third-order valence-electron chi connectivity index (χ3n) is 6.84. The molecule has 3 heterocycles. The topological polar surface area (TPSA) is 82.7 Å². The lowest BCUT2D eigenvalue weighted by Gasteiger charge is -2.50. The van der Waals surface area contributed by atoms with Gasteiger partial charge in [0.05, 0.1) is 6.10 Å². The van der Waals surface area contributed by atoms with Gasteiger partial charge in [-0.1, -0.05) is 10.3 Å². The number of likely N-dealkylation sites (tertiary alicyclic amines) is 2. The fourth-order valence-corrected chi connectivity index (χ4v) is 4.95. The summed E-state index contributed by atoms with van der Waals surface area (Å²) in [5.74, 6) is 0.323. The minimum atomic E-state index is -0.169. The zero-order chi connectivity index (χ0) is 18.1. The first-order valence-electron chi connectivity index (χ1n) is 10.0. The summed E-state index contributed by atoms with van der Waals surface area (Å²) in [6.45, 7) is 5.72. The highest BCUT2D eigenvalue weighted by atomic mass is 16.6. The van der Waals surface area contributed by atoms with Gasteiger partial charge in [0.15, 0.2) is 0 Å². The number of amides is 1. The number of aromatic nitrogens is 2. The predicted molar refractivity (Wildman–Crippen MR) is 95.2 cm³/mol. The van der Waals surface area contributed by atoms with Gasteiger partial charge in [-0.3, -0.25) is 9.69 Å². The lowest BCUT2D eigenvalue weighted by molar-refractivity contribution is -0.144. The van der Waals surface area contributed by atoms with E-state index in [0.29, 0.717) is 18.4 Å². The van der Waals surface area contributed by atoms with Crippen LogP contribution in [0.15, 0.2) is 4.63 Å². The van der Waals surface area contributed by atoms with Gasteiger partial charge in [-0.15, -0.1) is 0 Å². The predicted octanol–water partition coefficient (Wildman–Crippen LogP) is 1.89. The molecule has 0 bridgehead atoms. The second-order valence-electron chi connectivity index (χ2n) is 8.56. The molecular weight excluding hydrogens is 332 g/mol. The van der Waals surface area contributed by atoms with Crippen molar-refractivity contribution in [2.45, 2.75) is 77.0 Å². The van der Waals surface area contributed by atoms with E-state index < -0.39 is 0 Å². The molecule has 0 radical (unpaired) electrons. The van der Waals surface area contributed by atoms with E-state index in [9.17, 15) is 9.90 Å². The van der Waals surface area contributed by atoms with Crippen molar-refractivity contribution < 1.29 is 14.5 Å².